The van der Waals surface area contributed by atoms with Crippen molar-refractivity contribution in [3.8, 4) is 0 Å². The van der Waals surface area contributed by atoms with E-state index in [1.54, 1.807) is 4.90 Å². The number of unbranched alkanes of at least 4 members (excludes halogenated alkanes) is 6. The molecule has 0 amide bonds. The Morgan fingerprint density at radius 1 is 0.564 bits per heavy atom. The maximum Gasteiger partial charge on any atom is 0.472 e. The van der Waals surface area contributed by atoms with Crippen molar-refractivity contribution in [2.45, 2.75) is 136 Å². The van der Waals surface area contributed by atoms with Gasteiger partial charge in [0, 0.05) is 19.4 Å². The molecule has 0 aliphatic rings. The van der Waals surface area contributed by atoms with E-state index in [4.69, 9.17) is 18.5 Å². The Kier molecular flexibility index (Phi) is 37.0. The van der Waals surface area contributed by atoms with Gasteiger partial charge in [0.1, 0.15) is 6.61 Å². The quantitative estimate of drug-likeness (QED) is 0.0287. The van der Waals surface area contributed by atoms with Gasteiger partial charge in [0.15, 0.2) is 6.10 Å². The number of esters is 2. The van der Waals surface area contributed by atoms with Gasteiger partial charge in [-0.05, 0) is 97.6 Å². The monoisotopic (exact) mass is 788 g/mol. The number of phosphoric acid groups is 1. The zero-order chi connectivity index (χ0) is 40.5. The highest BCUT2D eigenvalue weighted by atomic mass is 31.2. The zero-order valence-electron chi connectivity index (χ0n) is 34.6. The molecular weight excluding hydrogens is 713 g/mol. The number of phosphoric ester groups is 1. The van der Waals surface area contributed by atoms with Gasteiger partial charge in [-0.2, -0.15) is 0 Å². The van der Waals surface area contributed by atoms with Crippen LogP contribution in [0.15, 0.2) is 97.2 Å². The third-order valence-electron chi connectivity index (χ3n) is 7.89. The fourth-order valence-electron chi connectivity index (χ4n) is 4.79. The summed E-state index contributed by atoms with van der Waals surface area (Å²) in [5.41, 5.74) is 0. The van der Waals surface area contributed by atoms with E-state index >= 15 is 0 Å². The molecule has 312 valence electrons. The lowest BCUT2D eigenvalue weighted by molar-refractivity contribution is -0.161. The maximum atomic E-state index is 12.6. The standard InChI is InChI=1S/C45H74NO8P/c1-5-7-9-11-13-15-17-19-21-22-24-26-28-30-32-34-36-38-45(48)54-43(42-53-55(49,50)52-40-39-46(3)4)41-51-44(47)37-35-33-31-29-27-25-23-20-18-16-14-12-10-8-6-2/h7-10,13-16,19-21,23-24,26,30,32,43H,5-6,11-12,17-18,22,25,27-29,31,33-42H2,1-4H3,(H,49,50)/b9-7-,10-8-,15-13-,16-14-,21-19-,23-20-,26-24-,32-30-. The van der Waals surface area contributed by atoms with Crippen molar-refractivity contribution < 1.29 is 37.6 Å². The van der Waals surface area contributed by atoms with Crippen LogP contribution in [0, 0.1) is 0 Å². The molecule has 0 aliphatic carbocycles. The van der Waals surface area contributed by atoms with Crippen LogP contribution < -0.4 is 0 Å². The van der Waals surface area contributed by atoms with Crippen LogP contribution in [-0.2, 0) is 32.7 Å². The normalized spacial score (nSPS) is 14.4. The van der Waals surface area contributed by atoms with Crippen molar-refractivity contribution in [2.24, 2.45) is 0 Å². The molecule has 55 heavy (non-hydrogen) atoms. The molecule has 0 fully saturated rings. The van der Waals surface area contributed by atoms with Gasteiger partial charge in [-0.3, -0.25) is 18.6 Å². The summed E-state index contributed by atoms with van der Waals surface area (Å²) in [5, 5.41) is 0. The lowest BCUT2D eigenvalue weighted by Crippen LogP contribution is -2.29. The van der Waals surface area contributed by atoms with E-state index in [-0.39, 0.29) is 26.1 Å². The van der Waals surface area contributed by atoms with E-state index in [1.165, 1.54) is 0 Å². The summed E-state index contributed by atoms with van der Waals surface area (Å²) >= 11 is 0. The van der Waals surface area contributed by atoms with Crippen LogP contribution in [-0.4, -0.2) is 68.3 Å². The van der Waals surface area contributed by atoms with Crippen molar-refractivity contribution in [3.05, 3.63) is 97.2 Å². The Morgan fingerprint density at radius 3 is 1.51 bits per heavy atom. The highest BCUT2D eigenvalue weighted by molar-refractivity contribution is 7.47. The third kappa shape index (κ3) is 40.4. The highest BCUT2D eigenvalue weighted by Gasteiger charge is 2.26. The molecule has 0 aliphatic heterocycles. The van der Waals surface area contributed by atoms with Crippen LogP contribution in [0.25, 0.3) is 0 Å². The number of carbonyl (C=O) groups excluding carboxylic acids is 2. The van der Waals surface area contributed by atoms with Crippen LogP contribution in [0.5, 0.6) is 0 Å². The number of rotatable bonds is 36. The molecule has 10 heteroatoms. The fourth-order valence-corrected chi connectivity index (χ4v) is 5.54. The predicted molar refractivity (Wildman–Crippen MR) is 229 cm³/mol. The fraction of sp³-hybridized carbons (Fsp3) is 0.600. The Bertz CT molecular complexity index is 1230. The topological polar surface area (TPSA) is 112 Å². The van der Waals surface area contributed by atoms with Gasteiger partial charge in [-0.15, -0.1) is 0 Å². The predicted octanol–water partition coefficient (Wildman–Crippen LogP) is 11.6. The summed E-state index contributed by atoms with van der Waals surface area (Å²) < 4.78 is 33.3. The molecule has 0 saturated carbocycles. The Labute approximate surface area is 334 Å². The van der Waals surface area contributed by atoms with Crippen LogP contribution in [0.4, 0.5) is 0 Å². The summed E-state index contributed by atoms with van der Waals surface area (Å²) in [6, 6.07) is 0. The first-order chi connectivity index (χ1) is 26.7. The van der Waals surface area contributed by atoms with Gasteiger partial charge in [-0.1, -0.05) is 130 Å². The van der Waals surface area contributed by atoms with Crippen LogP contribution >= 0.6 is 7.82 Å². The number of hydrogen-bond donors (Lipinski definition) is 1. The second-order valence-electron chi connectivity index (χ2n) is 13.4. The largest absolute Gasteiger partial charge is 0.472 e. The number of nitrogens with zero attached hydrogens (tertiary/aromatic N) is 1. The van der Waals surface area contributed by atoms with E-state index < -0.39 is 32.5 Å². The van der Waals surface area contributed by atoms with Crippen molar-refractivity contribution in [2.75, 3.05) is 40.5 Å². The van der Waals surface area contributed by atoms with Gasteiger partial charge >= 0.3 is 19.8 Å². The number of ether oxygens (including phenoxy) is 2. The average Bonchev–Trinajstić information content (AvgIpc) is 3.15. The second-order valence-corrected chi connectivity index (χ2v) is 14.8. The average molecular weight is 788 g/mol. The Hall–Kier alpha value is -3.07. The molecule has 0 bridgehead atoms. The molecule has 0 radical (unpaired) electrons. The first kappa shape index (κ1) is 51.9. The van der Waals surface area contributed by atoms with Crippen molar-refractivity contribution in [1.82, 2.24) is 4.90 Å². The van der Waals surface area contributed by atoms with Gasteiger partial charge < -0.3 is 19.3 Å². The number of hydrogen-bond acceptors (Lipinski definition) is 8. The number of likely N-dealkylation sites (N-methyl/N-ethyl adjacent to an activating group) is 1. The first-order valence-electron chi connectivity index (χ1n) is 20.5. The first-order valence-corrected chi connectivity index (χ1v) is 22.0. The summed E-state index contributed by atoms with van der Waals surface area (Å²) in [6.45, 7) is 3.97. The zero-order valence-corrected chi connectivity index (χ0v) is 35.5. The van der Waals surface area contributed by atoms with Crippen molar-refractivity contribution in [3.63, 3.8) is 0 Å². The minimum absolute atomic E-state index is 0.0122. The SMILES string of the molecule is CC/C=C\C/C=C\C/C=C\C/C=C\C/C=C\CCCC(=O)OC(COC(=O)CCCCCCC/C=C\C/C=C\C/C=C\CC)COP(=O)(O)OCCN(C)C. The van der Waals surface area contributed by atoms with E-state index in [1.807, 2.05) is 20.2 Å². The summed E-state index contributed by atoms with van der Waals surface area (Å²) in [5.74, 6) is -0.903. The molecule has 0 aromatic heterocycles. The van der Waals surface area contributed by atoms with E-state index in [9.17, 15) is 19.0 Å². The number of carbonyl (C=O) groups is 2. The van der Waals surface area contributed by atoms with E-state index in [0.29, 0.717) is 25.8 Å². The van der Waals surface area contributed by atoms with Crippen molar-refractivity contribution >= 4 is 19.8 Å². The minimum Gasteiger partial charge on any atom is -0.462 e. The summed E-state index contributed by atoms with van der Waals surface area (Å²) in [7, 11) is -0.764. The van der Waals surface area contributed by atoms with E-state index in [2.05, 4.69) is 105 Å². The van der Waals surface area contributed by atoms with Gasteiger partial charge in [0.25, 0.3) is 0 Å². The second kappa shape index (κ2) is 39.2. The molecule has 0 saturated heterocycles. The highest BCUT2D eigenvalue weighted by Crippen LogP contribution is 2.43. The maximum absolute atomic E-state index is 12.6. The van der Waals surface area contributed by atoms with E-state index in [0.717, 1.165) is 83.5 Å². The Morgan fingerprint density at radius 2 is 1.00 bits per heavy atom. The van der Waals surface area contributed by atoms with Crippen LogP contribution in [0.2, 0.25) is 0 Å². The molecular formula is C45H74NO8P. The third-order valence-corrected chi connectivity index (χ3v) is 8.87. The van der Waals surface area contributed by atoms with Crippen molar-refractivity contribution in [1.29, 1.82) is 0 Å². The molecule has 0 aromatic carbocycles. The summed E-state index contributed by atoms with van der Waals surface area (Å²) in [4.78, 5) is 36.9. The van der Waals surface area contributed by atoms with Gasteiger partial charge in [-0.25, -0.2) is 4.57 Å². The molecule has 0 spiro atoms. The molecule has 0 aromatic rings. The van der Waals surface area contributed by atoms with Crippen LogP contribution in [0.1, 0.15) is 129 Å². The molecule has 0 heterocycles. The lowest BCUT2D eigenvalue weighted by Gasteiger charge is -2.20. The van der Waals surface area contributed by atoms with Gasteiger partial charge in [0.2, 0.25) is 0 Å². The lowest BCUT2D eigenvalue weighted by atomic mass is 10.1. The number of allylic oxidation sites excluding steroid dienone is 16. The molecule has 0 rings (SSSR count). The molecule has 1 N–H and O–H groups in total. The van der Waals surface area contributed by atoms with Crippen LogP contribution in [0.3, 0.4) is 0 Å². The molecule has 9 nitrogen and oxygen atoms in total. The van der Waals surface area contributed by atoms with Gasteiger partial charge in [0.05, 0.1) is 13.2 Å². The summed E-state index contributed by atoms with van der Waals surface area (Å²) in [6.07, 6.45) is 48.9. The molecule has 2 unspecified atom stereocenters. The smallest absolute Gasteiger partial charge is 0.462 e. The Balaban J connectivity index is 4.48. The minimum atomic E-state index is -4.39. The molecule has 2 atom stereocenters.